The molecule has 0 N–H and O–H groups in total. The zero-order valence-corrected chi connectivity index (χ0v) is 18.9. The minimum atomic E-state index is -0.147. The molecule has 1 aromatic carbocycles. The average molecular weight is 423 g/mol. The Morgan fingerprint density at radius 2 is 1.77 bits per heavy atom. The Morgan fingerprint density at radius 3 is 2.55 bits per heavy atom. The second-order valence-corrected chi connectivity index (χ2v) is 9.85. The van der Waals surface area contributed by atoms with E-state index >= 15 is 0 Å². The summed E-state index contributed by atoms with van der Waals surface area (Å²) in [5.74, 6) is 2.07. The van der Waals surface area contributed by atoms with Crippen LogP contribution in [0.2, 0.25) is 0 Å². The van der Waals surface area contributed by atoms with Crippen molar-refractivity contribution in [3.8, 4) is 0 Å². The van der Waals surface area contributed by atoms with Crippen LogP contribution in [0, 0.1) is 17.7 Å². The molecule has 3 fully saturated rings. The normalized spacial score (nSPS) is 26.5. The summed E-state index contributed by atoms with van der Waals surface area (Å²) in [6.07, 6.45) is 8.20. The van der Waals surface area contributed by atoms with E-state index in [4.69, 9.17) is 4.98 Å². The predicted octanol–water partition coefficient (Wildman–Crippen LogP) is 5.34. The topological polar surface area (TPSA) is 22.6 Å². The molecular weight excluding hydrogens is 387 g/mol. The highest BCUT2D eigenvalue weighted by Crippen LogP contribution is 2.42. The zero-order chi connectivity index (χ0) is 21.4. The van der Waals surface area contributed by atoms with Crippen LogP contribution in [-0.2, 0) is 0 Å². The smallest absolute Gasteiger partial charge is 0.130 e. The number of aromatic nitrogens is 1. The van der Waals surface area contributed by atoms with E-state index in [1.165, 1.54) is 31.4 Å². The van der Waals surface area contributed by atoms with Gasteiger partial charge in [0.25, 0.3) is 0 Å². The average Bonchev–Trinajstić information content (AvgIpc) is 3.20. The van der Waals surface area contributed by atoms with Crippen molar-refractivity contribution >= 4 is 17.2 Å². The quantitative estimate of drug-likeness (QED) is 0.663. The number of fused-ring (bicyclic) bond motifs is 1. The number of nitrogens with zero attached hydrogens (tertiary/aromatic N) is 4. The third-order valence-corrected chi connectivity index (χ3v) is 7.64. The molecule has 3 aliphatic heterocycles. The number of hydrogen-bond acceptors (Lipinski definition) is 4. The van der Waals surface area contributed by atoms with Crippen LogP contribution in [0.3, 0.4) is 0 Å². The molecule has 4 heterocycles. The van der Waals surface area contributed by atoms with Crippen molar-refractivity contribution in [2.75, 3.05) is 40.9 Å². The number of anilines is 3. The molecule has 1 aromatic heterocycles. The first-order valence-corrected chi connectivity index (χ1v) is 12.1. The number of piperidine rings is 2. The molecule has 0 aliphatic carbocycles. The van der Waals surface area contributed by atoms with Gasteiger partial charge in [-0.05, 0) is 62.3 Å². The van der Waals surface area contributed by atoms with Crippen LogP contribution in [-0.4, -0.2) is 43.2 Å². The van der Waals surface area contributed by atoms with Crippen molar-refractivity contribution in [1.29, 1.82) is 0 Å². The first-order valence-electron chi connectivity index (χ1n) is 12.1. The Kier molecular flexibility index (Phi) is 5.77. The lowest BCUT2D eigenvalue weighted by Gasteiger charge is -2.44. The van der Waals surface area contributed by atoms with E-state index in [1.54, 1.807) is 12.1 Å². The van der Waals surface area contributed by atoms with Crippen molar-refractivity contribution in [3.63, 3.8) is 0 Å². The van der Waals surface area contributed by atoms with Crippen LogP contribution in [0.15, 0.2) is 42.6 Å². The van der Waals surface area contributed by atoms with E-state index < -0.39 is 0 Å². The Morgan fingerprint density at radius 1 is 0.935 bits per heavy atom. The monoisotopic (exact) mass is 422 g/mol. The van der Waals surface area contributed by atoms with Crippen LogP contribution in [0.1, 0.15) is 46.0 Å². The lowest BCUT2D eigenvalue weighted by atomic mass is 9.83. The van der Waals surface area contributed by atoms with Crippen LogP contribution >= 0.6 is 0 Å². The SMILES string of the molecule is CC(C)[C@@H]1CN(c2cc(N3CCCCC3)ccn2)[C@H]2CCCN(c3cccc(F)c3)C12. The summed E-state index contributed by atoms with van der Waals surface area (Å²) >= 11 is 0. The molecule has 0 saturated carbocycles. The molecule has 0 amide bonds. The van der Waals surface area contributed by atoms with Gasteiger partial charge < -0.3 is 14.7 Å². The highest BCUT2D eigenvalue weighted by atomic mass is 19.1. The number of rotatable bonds is 4. The maximum Gasteiger partial charge on any atom is 0.130 e. The van der Waals surface area contributed by atoms with Gasteiger partial charge in [-0.25, -0.2) is 9.37 Å². The summed E-state index contributed by atoms with van der Waals surface area (Å²) in [5.41, 5.74) is 2.34. The summed E-state index contributed by atoms with van der Waals surface area (Å²) in [6.45, 7) is 9.00. The second-order valence-electron chi connectivity index (χ2n) is 9.85. The maximum absolute atomic E-state index is 14.0. The first kappa shape index (κ1) is 20.6. The molecule has 5 rings (SSSR count). The van der Waals surface area contributed by atoms with E-state index in [2.05, 4.69) is 46.7 Å². The molecule has 2 aromatic rings. The van der Waals surface area contributed by atoms with Gasteiger partial charge in [-0.1, -0.05) is 19.9 Å². The Labute approximate surface area is 186 Å². The molecule has 4 nitrogen and oxygen atoms in total. The summed E-state index contributed by atoms with van der Waals surface area (Å²) in [5, 5.41) is 0. The van der Waals surface area contributed by atoms with Crippen molar-refractivity contribution in [1.82, 2.24) is 4.98 Å². The summed E-state index contributed by atoms with van der Waals surface area (Å²) in [7, 11) is 0. The zero-order valence-electron chi connectivity index (χ0n) is 18.9. The standard InChI is InChI=1S/C26H35FN4/c1-19(2)23-18-31(25-17-21(11-12-28-25)29-13-4-3-5-14-29)24-10-7-15-30(26(23)24)22-9-6-8-20(27)16-22/h6,8-9,11-12,16-17,19,23-24,26H,3-5,7,10,13-15,18H2,1-2H3/t23-,24-,26?/m0/s1. The van der Waals surface area contributed by atoms with Crippen molar-refractivity contribution in [2.24, 2.45) is 11.8 Å². The molecule has 5 heteroatoms. The summed E-state index contributed by atoms with van der Waals surface area (Å²) in [6, 6.07) is 12.5. The van der Waals surface area contributed by atoms with E-state index in [-0.39, 0.29) is 5.82 Å². The van der Waals surface area contributed by atoms with Crippen LogP contribution < -0.4 is 14.7 Å². The minimum Gasteiger partial charge on any atom is -0.371 e. The van der Waals surface area contributed by atoms with Crippen LogP contribution in [0.5, 0.6) is 0 Å². The molecule has 3 aliphatic rings. The van der Waals surface area contributed by atoms with Gasteiger partial charge in [0.1, 0.15) is 11.6 Å². The van der Waals surface area contributed by atoms with Gasteiger partial charge in [-0.3, -0.25) is 0 Å². The molecular formula is C26H35FN4. The number of halogens is 1. The number of pyridine rings is 1. The molecule has 3 saturated heterocycles. The van der Waals surface area contributed by atoms with Gasteiger partial charge in [0.05, 0.1) is 12.1 Å². The van der Waals surface area contributed by atoms with Crippen LogP contribution in [0.25, 0.3) is 0 Å². The fourth-order valence-electron chi connectivity index (χ4n) is 6.06. The number of benzene rings is 1. The minimum absolute atomic E-state index is 0.147. The van der Waals surface area contributed by atoms with Gasteiger partial charge in [-0.2, -0.15) is 0 Å². The second kappa shape index (κ2) is 8.68. The van der Waals surface area contributed by atoms with Crippen molar-refractivity contribution < 1.29 is 4.39 Å². The van der Waals surface area contributed by atoms with E-state index in [0.717, 1.165) is 44.1 Å². The predicted molar refractivity (Wildman–Crippen MR) is 127 cm³/mol. The van der Waals surface area contributed by atoms with Gasteiger partial charge in [0, 0.05) is 55.7 Å². The highest BCUT2D eigenvalue weighted by molar-refractivity contribution is 5.58. The Hall–Kier alpha value is -2.30. The molecule has 0 bridgehead atoms. The third kappa shape index (κ3) is 3.99. The van der Waals surface area contributed by atoms with Gasteiger partial charge in [0.15, 0.2) is 0 Å². The van der Waals surface area contributed by atoms with Gasteiger partial charge in [-0.15, -0.1) is 0 Å². The molecule has 1 unspecified atom stereocenters. The maximum atomic E-state index is 14.0. The molecule has 3 atom stereocenters. The summed E-state index contributed by atoms with van der Waals surface area (Å²) in [4.78, 5) is 12.4. The lowest BCUT2D eigenvalue weighted by molar-refractivity contribution is 0.315. The van der Waals surface area contributed by atoms with Crippen molar-refractivity contribution in [3.05, 3.63) is 48.4 Å². The highest BCUT2D eigenvalue weighted by Gasteiger charge is 2.48. The fourth-order valence-corrected chi connectivity index (χ4v) is 6.06. The Balaban J connectivity index is 1.46. The molecule has 0 radical (unpaired) electrons. The molecule has 166 valence electrons. The van der Waals surface area contributed by atoms with Gasteiger partial charge in [0.2, 0.25) is 0 Å². The number of hydrogen-bond donors (Lipinski definition) is 0. The first-order chi connectivity index (χ1) is 15.1. The van der Waals surface area contributed by atoms with Crippen LogP contribution in [0.4, 0.5) is 21.6 Å². The molecule has 31 heavy (non-hydrogen) atoms. The van der Waals surface area contributed by atoms with Crippen molar-refractivity contribution in [2.45, 2.75) is 58.0 Å². The van der Waals surface area contributed by atoms with E-state index in [9.17, 15) is 4.39 Å². The van der Waals surface area contributed by atoms with Gasteiger partial charge >= 0.3 is 0 Å². The largest absolute Gasteiger partial charge is 0.371 e. The third-order valence-electron chi connectivity index (χ3n) is 7.64. The lowest BCUT2D eigenvalue weighted by Crippen LogP contribution is -2.52. The molecule has 0 spiro atoms. The summed E-state index contributed by atoms with van der Waals surface area (Å²) < 4.78 is 14.0. The van der Waals surface area contributed by atoms with E-state index in [0.29, 0.717) is 23.9 Å². The Bertz CT molecular complexity index is 894. The fraction of sp³-hybridized carbons (Fsp3) is 0.577. The van der Waals surface area contributed by atoms with E-state index in [1.807, 2.05) is 12.3 Å².